The molecule has 2 unspecified atom stereocenters. The van der Waals surface area contributed by atoms with Gasteiger partial charge in [-0.25, -0.2) is 0 Å². The van der Waals surface area contributed by atoms with E-state index >= 15 is 0 Å². The average Bonchev–Trinajstić information content (AvgIpc) is 2.42. The summed E-state index contributed by atoms with van der Waals surface area (Å²) in [5, 5.41) is 3.42. The minimum atomic E-state index is 0.237. The van der Waals surface area contributed by atoms with Gasteiger partial charge in [0.15, 0.2) is 0 Å². The molecule has 2 atom stereocenters. The molecule has 1 fully saturated rings. The molecule has 0 saturated carbocycles. The lowest BCUT2D eigenvalue weighted by Crippen LogP contribution is -2.45. The molecule has 1 aromatic carbocycles. The summed E-state index contributed by atoms with van der Waals surface area (Å²) in [6, 6.07) is 9.35. The number of benzene rings is 1. The summed E-state index contributed by atoms with van der Waals surface area (Å²) in [6.07, 6.45) is 2.60. The van der Waals surface area contributed by atoms with Crippen LogP contribution in [0.5, 0.6) is 0 Å². The second kappa shape index (κ2) is 7.04. The maximum Gasteiger partial charge on any atom is 0.0896 e. The number of ether oxygens (including phenoxy) is 1. The largest absolute Gasteiger partial charge is 0.374 e. The number of nitrogens with zero attached hydrogens (tertiary/aromatic N) is 1. The molecule has 1 saturated heterocycles. The van der Waals surface area contributed by atoms with Crippen LogP contribution in [0.4, 0.5) is 0 Å². The highest BCUT2D eigenvalue weighted by Gasteiger charge is 2.27. The molecule has 0 radical (unpaired) electrons. The molecule has 0 spiro atoms. The van der Waals surface area contributed by atoms with E-state index in [0.29, 0.717) is 6.04 Å². The van der Waals surface area contributed by atoms with Gasteiger partial charge in [0, 0.05) is 13.1 Å². The molecule has 1 aliphatic rings. The van der Waals surface area contributed by atoms with Crippen LogP contribution in [0.2, 0.25) is 0 Å². The Kier molecular flexibility index (Phi) is 5.37. The van der Waals surface area contributed by atoms with E-state index in [-0.39, 0.29) is 6.10 Å². The van der Waals surface area contributed by atoms with Gasteiger partial charge in [-0.1, -0.05) is 37.6 Å². The van der Waals surface area contributed by atoms with Crippen LogP contribution in [0.25, 0.3) is 0 Å². The number of hydrogen-bond acceptors (Lipinski definition) is 3. The Hall–Kier alpha value is -0.900. The van der Waals surface area contributed by atoms with Gasteiger partial charge >= 0.3 is 0 Å². The third kappa shape index (κ3) is 3.78. The first-order chi connectivity index (χ1) is 9.22. The predicted octanol–water partition coefficient (Wildman–Crippen LogP) is 2.23. The molecule has 1 N–H and O–H groups in total. The first kappa shape index (κ1) is 14.5. The highest BCUT2D eigenvalue weighted by Crippen LogP contribution is 2.25. The molecule has 1 heterocycles. The van der Waals surface area contributed by atoms with Gasteiger partial charge in [-0.3, -0.25) is 0 Å². The molecular weight excluding hydrogens is 236 g/mol. The zero-order chi connectivity index (χ0) is 13.7. The van der Waals surface area contributed by atoms with Crippen molar-refractivity contribution in [3.63, 3.8) is 0 Å². The van der Waals surface area contributed by atoms with E-state index in [1.54, 1.807) is 0 Å². The van der Waals surface area contributed by atoms with Gasteiger partial charge in [0.2, 0.25) is 0 Å². The van der Waals surface area contributed by atoms with Gasteiger partial charge in [-0.2, -0.15) is 0 Å². The first-order valence-corrected chi connectivity index (χ1v) is 7.30. The zero-order valence-corrected chi connectivity index (χ0v) is 12.4. The Labute approximate surface area is 116 Å². The Morgan fingerprint density at radius 1 is 1.32 bits per heavy atom. The summed E-state index contributed by atoms with van der Waals surface area (Å²) in [5.74, 6) is 0. The fourth-order valence-corrected chi connectivity index (χ4v) is 2.80. The summed E-state index contributed by atoms with van der Waals surface area (Å²) in [5.41, 5.74) is 2.77. The summed E-state index contributed by atoms with van der Waals surface area (Å²) < 4.78 is 5.93. The Bertz CT molecular complexity index is 369. The number of hydrogen-bond donors (Lipinski definition) is 1. The van der Waals surface area contributed by atoms with Crippen LogP contribution in [0, 0.1) is 0 Å². The third-order valence-corrected chi connectivity index (χ3v) is 3.72. The quantitative estimate of drug-likeness (QED) is 0.880. The van der Waals surface area contributed by atoms with Gasteiger partial charge < -0.3 is 15.0 Å². The predicted molar refractivity (Wildman–Crippen MR) is 79.5 cm³/mol. The lowest BCUT2D eigenvalue weighted by molar-refractivity contribution is -0.0211. The normalized spacial score (nSPS) is 21.6. The summed E-state index contributed by atoms with van der Waals surface area (Å²) in [6.45, 7) is 4.92. The Morgan fingerprint density at radius 2 is 2.05 bits per heavy atom. The second-order valence-corrected chi connectivity index (χ2v) is 5.51. The van der Waals surface area contributed by atoms with Crippen LogP contribution in [-0.2, 0) is 11.2 Å². The van der Waals surface area contributed by atoms with Gasteiger partial charge in [-0.05, 0) is 31.6 Å². The van der Waals surface area contributed by atoms with E-state index in [1.165, 1.54) is 17.5 Å². The maximum atomic E-state index is 5.93. The van der Waals surface area contributed by atoms with E-state index in [9.17, 15) is 0 Å². The van der Waals surface area contributed by atoms with Crippen LogP contribution >= 0.6 is 0 Å². The average molecular weight is 262 g/mol. The Morgan fingerprint density at radius 3 is 2.58 bits per heavy atom. The maximum absolute atomic E-state index is 5.93. The number of aryl methyl sites for hydroxylation is 1. The fraction of sp³-hybridized carbons (Fsp3) is 0.625. The van der Waals surface area contributed by atoms with Crippen molar-refractivity contribution < 1.29 is 4.74 Å². The van der Waals surface area contributed by atoms with Crippen molar-refractivity contribution in [3.8, 4) is 0 Å². The lowest BCUT2D eigenvalue weighted by atomic mass is 9.97. The van der Waals surface area contributed by atoms with E-state index in [4.69, 9.17) is 4.74 Å². The van der Waals surface area contributed by atoms with Crippen molar-refractivity contribution >= 4 is 0 Å². The lowest BCUT2D eigenvalue weighted by Gasteiger charge is -2.35. The molecule has 106 valence electrons. The molecule has 0 amide bonds. The van der Waals surface area contributed by atoms with Crippen molar-refractivity contribution in [3.05, 3.63) is 35.4 Å². The fourth-order valence-electron chi connectivity index (χ4n) is 2.80. The molecule has 1 aliphatic heterocycles. The van der Waals surface area contributed by atoms with E-state index in [0.717, 1.165) is 26.1 Å². The van der Waals surface area contributed by atoms with Gasteiger partial charge in [0.25, 0.3) is 0 Å². The van der Waals surface area contributed by atoms with Gasteiger partial charge in [-0.15, -0.1) is 0 Å². The van der Waals surface area contributed by atoms with E-state index in [1.807, 2.05) is 0 Å². The van der Waals surface area contributed by atoms with Crippen molar-refractivity contribution in [1.29, 1.82) is 0 Å². The van der Waals surface area contributed by atoms with Crippen LogP contribution in [0.15, 0.2) is 24.3 Å². The Balaban J connectivity index is 2.13. The highest BCUT2D eigenvalue weighted by molar-refractivity contribution is 5.26. The number of likely N-dealkylation sites (N-methyl/N-ethyl adjacent to an activating group) is 1. The summed E-state index contributed by atoms with van der Waals surface area (Å²) >= 11 is 0. The van der Waals surface area contributed by atoms with Crippen molar-refractivity contribution in [2.75, 3.05) is 33.8 Å². The third-order valence-electron chi connectivity index (χ3n) is 3.72. The molecule has 0 bridgehead atoms. The van der Waals surface area contributed by atoms with Gasteiger partial charge in [0.05, 0.1) is 18.8 Å². The highest BCUT2D eigenvalue weighted by atomic mass is 16.5. The first-order valence-electron chi connectivity index (χ1n) is 7.30. The molecule has 3 heteroatoms. The molecule has 1 aromatic rings. The van der Waals surface area contributed by atoms with E-state index < -0.39 is 0 Å². The minimum Gasteiger partial charge on any atom is -0.374 e. The topological polar surface area (TPSA) is 24.5 Å². The standard InChI is InChI=1S/C16H26N2O/c1-4-5-13-6-8-14(9-7-13)16(18(2)3)15-12-17-10-11-19-15/h6-9,15-17H,4-5,10-12H2,1-3H3. The van der Waals surface area contributed by atoms with Crippen LogP contribution in [-0.4, -0.2) is 44.8 Å². The molecule has 3 nitrogen and oxygen atoms in total. The molecule has 2 rings (SSSR count). The van der Waals surface area contributed by atoms with E-state index in [2.05, 4.69) is 55.5 Å². The molecule has 19 heavy (non-hydrogen) atoms. The summed E-state index contributed by atoms with van der Waals surface area (Å²) in [7, 11) is 4.26. The number of rotatable bonds is 5. The molecule has 0 aliphatic carbocycles. The zero-order valence-electron chi connectivity index (χ0n) is 12.4. The van der Waals surface area contributed by atoms with Crippen LogP contribution in [0.1, 0.15) is 30.5 Å². The number of nitrogens with one attached hydrogen (secondary N) is 1. The molecular formula is C16H26N2O. The van der Waals surface area contributed by atoms with Crippen molar-refractivity contribution in [2.24, 2.45) is 0 Å². The monoisotopic (exact) mass is 262 g/mol. The van der Waals surface area contributed by atoms with Gasteiger partial charge in [0.1, 0.15) is 0 Å². The minimum absolute atomic E-state index is 0.237. The molecule has 0 aromatic heterocycles. The van der Waals surface area contributed by atoms with Crippen LogP contribution < -0.4 is 5.32 Å². The second-order valence-electron chi connectivity index (χ2n) is 5.51. The SMILES string of the molecule is CCCc1ccc(C(C2CNCCO2)N(C)C)cc1. The smallest absolute Gasteiger partial charge is 0.0896 e. The van der Waals surface area contributed by atoms with Crippen molar-refractivity contribution in [2.45, 2.75) is 31.9 Å². The summed E-state index contributed by atoms with van der Waals surface area (Å²) in [4.78, 5) is 2.26. The van der Waals surface area contributed by atoms with Crippen LogP contribution in [0.3, 0.4) is 0 Å². The van der Waals surface area contributed by atoms with Crippen molar-refractivity contribution in [1.82, 2.24) is 10.2 Å². The number of morpholine rings is 1.